The fourth-order valence-corrected chi connectivity index (χ4v) is 4.54. The highest BCUT2D eigenvalue weighted by atomic mass is 16.5. The molecule has 1 saturated heterocycles. The Labute approximate surface area is 207 Å². The summed E-state index contributed by atoms with van der Waals surface area (Å²) in [5.41, 5.74) is 1.97. The highest BCUT2D eigenvalue weighted by Gasteiger charge is 2.40. The number of esters is 1. The fraction of sp³-hybridized carbons (Fsp3) is 0.519. The molecule has 8 nitrogen and oxygen atoms in total. The van der Waals surface area contributed by atoms with Crippen molar-refractivity contribution in [3.8, 4) is 28.7 Å². The van der Waals surface area contributed by atoms with Crippen LogP contribution in [0.4, 0.5) is 0 Å². The molecule has 1 aliphatic rings. The van der Waals surface area contributed by atoms with E-state index in [-0.39, 0.29) is 30.5 Å². The van der Waals surface area contributed by atoms with Crippen LogP contribution in [0.3, 0.4) is 0 Å². The molecule has 3 atom stereocenters. The molecule has 0 spiro atoms. The van der Waals surface area contributed by atoms with Crippen LogP contribution in [0.1, 0.15) is 37.0 Å². The Morgan fingerprint density at radius 1 is 0.886 bits per heavy atom. The van der Waals surface area contributed by atoms with E-state index in [0.29, 0.717) is 41.8 Å². The molecule has 0 aromatic heterocycles. The smallest absolute Gasteiger partial charge is 0.305 e. The van der Waals surface area contributed by atoms with Gasteiger partial charge < -0.3 is 33.2 Å². The molecular formula is C27H36O8. The molecule has 2 aromatic carbocycles. The highest BCUT2D eigenvalue weighted by molar-refractivity contribution is 5.69. The van der Waals surface area contributed by atoms with Gasteiger partial charge in [0.05, 0.1) is 54.9 Å². The summed E-state index contributed by atoms with van der Waals surface area (Å²) in [7, 11) is 7.98. The molecule has 0 radical (unpaired) electrons. The van der Waals surface area contributed by atoms with Gasteiger partial charge in [0.25, 0.3) is 0 Å². The van der Waals surface area contributed by atoms with E-state index in [0.717, 1.165) is 24.0 Å². The minimum absolute atomic E-state index is 0.0632. The molecule has 8 heteroatoms. The summed E-state index contributed by atoms with van der Waals surface area (Å²) in [6.07, 6.45) is 1.56. The van der Waals surface area contributed by atoms with Crippen molar-refractivity contribution < 1.29 is 38.0 Å². The van der Waals surface area contributed by atoms with Crippen LogP contribution in [0, 0.1) is 11.8 Å². The minimum Gasteiger partial charge on any atom is -0.493 e. The van der Waals surface area contributed by atoms with E-state index < -0.39 is 0 Å². The Kier molecular flexibility index (Phi) is 9.48. The van der Waals surface area contributed by atoms with Crippen LogP contribution in [0.25, 0.3) is 0 Å². The topological polar surface area (TPSA) is 81.7 Å². The van der Waals surface area contributed by atoms with Crippen molar-refractivity contribution >= 4 is 5.97 Å². The van der Waals surface area contributed by atoms with Crippen LogP contribution >= 0.6 is 0 Å². The second-order valence-corrected chi connectivity index (χ2v) is 8.46. The van der Waals surface area contributed by atoms with Crippen LogP contribution in [-0.2, 0) is 20.7 Å². The Morgan fingerprint density at radius 2 is 1.54 bits per heavy atom. The lowest BCUT2D eigenvalue weighted by Crippen LogP contribution is -2.24. The first kappa shape index (κ1) is 26.5. The quantitative estimate of drug-likeness (QED) is 0.401. The molecule has 1 heterocycles. The Morgan fingerprint density at radius 3 is 2.11 bits per heavy atom. The largest absolute Gasteiger partial charge is 0.493 e. The summed E-state index contributed by atoms with van der Waals surface area (Å²) in [5, 5.41) is 0. The fourth-order valence-electron chi connectivity index (χ4n) is 4.54. The van der Waals surface area contributed by atoms with Crippen LogP contribution in [0.5, 0.6) is 28.7 Å². The zero-order chi connectivity index (χ0) is 25.4. The van der Waals surface area contributed by atoms with Gasteiger partial charge in [-0.2, -0.15) is 0 Å². The van der Waals surface area contributed by atoms with Crippen molar-refractivity contribution in [1.82, 2.24) is 0 Å². The van der Waals surface area contributed by atoms with E-state index >= 15 is 0 Å². The van der Waals surface area contributed by atoms with Crippen molar-refractivity contribution in [2.75, 3.05) is 48.8 Å². The Balaban J connectivity index is 1.91. The summed E-state index contributed by atoms with van der Waals surface area (Å²) >= 11 is 0. The summed E-state index contributed by atoms with van der Waals surface area (Å²) in [4.78, 5) is 12.2. The van der Waals surface area contributed by atoms with E-state index in [9.17, 15) is 4.79 Å². The first-order chi connectivity index (χ1) is 17.0. The molecule has 0 saturated carbocycles. The number of hydrogen-bond donors (Lipinski definition) is 0. The lowest BCUT2D eigenvalue weighted by molar-refractivity contribution is -0.146. The van der Waals surface area contributed by atoms with E-state index in [1.165, 1.54) is 0 Å². The molecule has 0 amide bonds. The van der Waals surface area contributed by atoms with Gasteiger partial charge in [-0.3, -0.25) is 4.79 Å². The highest BCUT2D eigenvalue weighted by Crippen LogP contribution is 2.46. The Hall–Kier alpha value is -3.13. The van der Waals surface area contributed by atoms with E-state index in [2.05, 4.69) is 0 Å². The van der Waals surface area contributed by atoms with Gasteiger partial charge in [-0.05, 0) is 54.2 Å². The first-order valence-electron chi connectivity index (χ1n) is 11.8. The molecular weight excluding hydrogens is 452 g/mol. The van der Waals surface area contributed by atoms with Crippen molar-refractivity contribution in [3.05, 3.63) is 41.5 Å². The molecule has 3 rings (SSSR count). The van der Waals surface area contributed by atoms with Gasteiger partial charge in [0.1, 0.15) is 0 Å². The number of methoxy groups -OCH3 is 5. The first-order valence-corrected chi connectivity index (χ1v) is 11.8. The van der Waals surface area contributed by atoms with Crippen molar-refractivity contribution in [3.63, 3.8) is 0 Å². The van der Waals surface area contributed by atoms with Gasteiger partial charge in [-0.15, -0.1) is 0 Å². The maximum atomic E-state index is 12.2. The number of hydrogen-bond acceptors (Lipinski definition) is 8. The molecule has 0 N–H and O–H groups in total. The third-order valence-electron chi connectivity index (χ3n) is 6.34. The summed E-state index contributed by atoms with van der Waals surface area (Å²) in [6.45, 7) is 2.74. The second-order valence-electron chi connectivity index (χ2n) is 8.46. The van der Waals surface area contributed by atoms with Crippen molar-refractivity contribution in [1.29, 1.82) is 0 Å². The van der Waals surface area contributed by atoms with Crippen LogP contribution in [0.2, 0.25) is 0 Å². The molecule has 192 valence electrons. The van der Waals surface area contributed by atoms with Crippen molar-refractivity contribution in [2.45, 2.75) is 32.3 Å². The zero-order valence-corrected chi connectivity index (χ0v) is 21.4. The molecule has 35 heavy (non-hydrogen) atoms. The monoisotopic (exact) mass is 488 g/mol. The van der Waals surface area contributed by atoms with Gasteiger partial charge in [-0.1, -0.05) is 13.0 Å². The van der Waals surface area contributed by atoms with Gasteiger partial charge >= 0.3 is 5.97 Å². The molecule has 2 aromatic rings. The second kappa shape index (κ2) is 12.5. The van der Waals surface area contributed by atoms with Crippen LogP contribution in [0.15, 0.2) is 30.3 Å². The molecule has 0 bridgehead atoms. The number of rotatable bonds is 12. The van der Waals surface area contributed by atoms with Gasteiger partial charge in [0.15, 0.2) is 23.0 Å². The predicted octanol–water partition coefficient (Wildman–Crippen LogP) is 4.62. The summed E-state index contributed by atoms with van der Waals surface area (Å²) in [6, 6.07) is 9.69. The minimum atomic E-state index is -0.303. The average molecular weight is 489 g/mol. The molecule has 1 aliphatic heterocycles. The number of benzene rings is 2. The van der Waals surface area contributed by atoms with Crippen LogP contribution < -0.4 is 23.7 Å². The van der Waals surface area contributed by atoms with Crippen LogP contribution in [-0.4, -0.2) is 54.7 Å². The summed E-state index contributed by atoms with van der Waals surface area (Å²) in [5.74, 6) is 2.83. The van der Waals surface area contributed by atoms with E-state index in [1.54, 1.807) is 35.5 Å². The zero-order valence-electron chi connectivity index (χ0n) is 21.4. The third kappa shape index (κ3) is 6.11. The van der Waals surface area contributed by atoms with E-state index in [1.807, 2.05) is 37.3 Å². The molecule has 0 aliphatic carbocycles. The SMILES string of the molecule is CCCC(=O)OC[C@H]1[C@@H](Cc2ccc(OC)c(OC)c2)CO[C@@H]1c1cc(OC)c(OC)c(OC)c1. The average Bonchev–Trinajstić information content (AvgIpc) is 3.28. The lowest BCUT2D eigenvalue weighted by Gasteiger charge is -2.24. The maximum Gasteiger partial charge on any atom is 0.305 e. The molecule has 1 fully saturated rings. The standard InChI is InChI=1S/C27H36O8/c1-7-8-25(28)34-16-20-19(11-17-9-10-21(29-2)22(12-17)30-3)15-35-26(20)18-13-23(31-4)27(33-6)24(14-18)32-5/h9-10,12-14,19-20,26H,7-8,11,15-16H2,1-6H3/t19-,20-,26+/m0/s1. The van der Waals surface area contributed by atoms with Gasteiger partial charge in [0.2, 0.25) is 5.75 Å². The van der Waals surface area contributed by atoms with Crippen molar-refractivity contribution in [2.24, 2.45) is 11.8 Å². The number of carbonyl (C=O) groups excluding carboxylic acids is 1. The number of ether oxygens (including phenoxy) is 7. The summed E-state index contributed by atoms with van der Waals surface area (Å²) < 4.78 is 39.4. The number of carbonyl (C=O) groups is 1. The van der Waals surface area contributed by atoms with E-state index in [4.69, 9.17) is 33.2 Å². The lowest BCUT2D eigenvalue weighted by atomic mass is 9.84. The normalized spacial score (nSPS) is 19.2. The maximum absolute atomic E-state index is 12.2. The third-order valence-corrected chi connectivity index (χ3v) is 6.34. The Bertz CT molecular complexity index is 964. The van der Waals surface area contributed by atoms with Gasteiger partial charge in [0, 0.05) is 12.3 Å². The van der Waals surface area contributed by atoms with Gasteiger partial charge in [-0.25, -0.2) is 0 Å². The predicted molar refractivity (Wildman–Crippen MR) is 131 cm³/mol. The molecule has 0 unspecified atom stereocenters.